The van der Waals surface area contributed by atoms with Crippen LogP contribution < -0.4 is 10.6 Å². The second-order valence-electron chi connectivity index (χ2n) is 6.20. The van der Waals surface area contributed by atoms with E-state index in [1.54, 1.807) is 14.2 Å². The third-order valence-electron chi connectivity index (χ3n) is 4.38. The zero-order valence-corrected chi connectivity index (χ0v) is 17.1. The Kier molecular flexibility index (Phi) is 10.6. The first kappa shape index (κ1) is 21.4. The molecule has 1 atom stereocenters. The van der Waals surface area contributed by atoms with Crippen molar-refractivity contribution in [1.29, 1.82) is 0 Å². The summed E-state index contributed by atoms with van der Waals surface area (Å²) in [5.74, 6) is 0.785. The van der Waals surface area contributed by atoms with Crippen molar-refractivity contribution in [2.24, 2.45) is 4.99 Å². The number of halogens is 1. The van der Waals surface area contributed by atoms with Crippen molar-refractivity contribution in [3.63, 3.8) is 0 Å². The molecule has 140 valence electrons. The van der Waals surface area contributed by atoms with Crippen molar-refractivity contribution in [2.75, 3.05) is 47.0 Å². The van der Waals surface area contributed by atoms with Crippen molar-refractivity contribution in [3.05, 3.63) is 0 Å². The molecule has 0 aromatic carbocycles. The second kappa shape index (κ2) is 11.9. The number of carbonyl (C=O) groups is 1. The van der Waals surface area contributed by atoms with E-state index in [1.165, 1.54) is 19.3 Å². The van der Waals surface area contributed by atoms with Crippen LogP contribution in [0.2, 0.25) is 0 Å². The van der Waals surface area contributed by atoms with Crippen molar-refractivity contribution in [2.45, 2.75) is 44.2 Å². The minimum atomic E-state index is 0. The predicted octanol–water partition coefficient (Wildman–Crippen LogP) is 0.976. The average Bonchev–Trinajstić information content (AvgIpc) is 2.57. The molecule has 7 nitrogen and oxygen atoms in total. The van der Waals surface area contributed by atoms with Gasteiger partial charge in [0.1, 0.15) is 0 Å². The number of nitrogens with zero attached hydrogens (tertiary/aromatic N) is 2. The van der Waals surface area contributed by atoms with Crippen LogP contribution in [0, 0.1) is 0 Å². The number of guanidine groups is 1. The minimum Gasteiger partial charge on any atom is -0.382 e. The summed E-state index contributed by atoms with van der Waals surface area (Å²) in [5.41, 5.74) is 0. The van der Waals surface area contributed by atoms with Gasteiger partial charge in [-0.1, -0.05) is 19.3 Å². The third-order valence-corrected chi connectivity index (χ3v) is 4.38. The summed E-state index contributed by atoms with van der Waals surface area (Å²) in [4.78, 5) is 18.5. The lowest BCUT2D eigenvalue weighted by atomic mass is 9.95. The number of ether oxygens (including phenoxy) is 2. The average molecular weight is 454 g/mol. The molecular formula is C16H31IN4O3. The normalized spacial score (nSPS) is 22.7. The van der Waals surface area contributed by atoms with Crippen LogP contribution in [-0.4, -0.2) is 75.9 Å². The SMILES string of the molecule is CN=C(NCC(=O)NC1CCCCC1)N1CCOC(COC)C1.I. The molecule has 2 aliphatic rings. The maximum atomic E-state index is 12.1. The molecule has 0 bridgehead atoms. The summed E-state index contributed by atoms with van der Waals surface area (Å²) >= 11 is 0. The molecule has 1 aliphatic carbocycles. The Balaban J connectivity index is 0.00000288. The van der Waals surface area contributed by atoms with Crippen molar-refractivity contribution < 1.29 is 14.3 Å². The van der Waals surface area contributed by atoms with Gasteiger partial charge in [-0.25, -0.2) is 0 Å². The van der Waals surface area contributed by atoms with Gasteiger partial charge in [0, 0.05) is 33.3 Å². The maximum Gasteiger partial charge on any atom is 0.239 e. The molecule has 0 aromatic rings. The van der Waals surface area contributed by atoms with E-state index in [-0.39, 0.29) is 42.5 Å². The molecule has 1 unspecified atom stereocenters. The first-order valence-corrected chi connectivity index (χ1v) is 8.58. The highest BCUT2D eigenvalue weighted by Gasteiger charge is 2.23. The maximum absolute atomic E-state index is 12.1. The number of carbonyl (C=O) groups excluding carboxylic acids is 1. The highest BCUT2D eigenvalue weighted by molar-refractivity contribution is 14.0. The molecule has 1 heterocycles. The molecule has 2 fully saturated rings. The zero-order valence-electron chi connectivity index (χ0n) is 14.8. The second-order valence-corrected chi connectivity index (χ2v) is 6.20. The number of amides is 1. The Labute approximate surface area is 161 Å². The van der Waals surface area contributed by atoms with E-state index in [2.05, 4.69) is 20.5 Å². The topological polar surface area (TPSA) is 75.2 Å². The van der Waals surface area contributed by atoms with E-state index >= 15 is 0 Å². The molecule has 0 aromatic heterocycles. The third kappa shape index (κ3) is 7.10. The fourth-order valence-corrected chi connectivity index (χ4v) is 3.22. The Morgan fingerprint density at radius 2 is 2.08 bits per heavy atom. The molecule has 0 spiro atoms. The van der Waals surface area contributed by atoms with Gasteiger partial charge in [0.05, 0.1) is 25.9 Å². The number of hydrogen-bond donors (Lipinski definition) is 2. The molecule has 1 saturated heterocycles. The van der Waals surface area contributed by atoms with E-state index in [9.17, 15) is 4.79 Å². The molecule has 1 aliphatic heterocycles. The van der Waals surface area contributed by atoms with Crippen LogP contribution in [0.25, 0.3) is 0 Å². The van der Waals surface area contributed by atoms with Crippen LogP contribution in [-0.2, 0) is 14.3 Å². The van der Waals surface area contributed by atoms with E-state index in [0.29, 0.717) is 19.3 Å². The summed E-state index contributed by atoms with van der Waals surface area (Å²) in [6.45, 7) is 2.95. The predicted molar refractivity (Wildman–Crippen MR) is 105 cm³/mol. The van der Waals surface area contributed by atoms with Gasteiger partial charge in [0.25, 0.3) is 0 Å². The lowest BCUT2D eigenvalue weighted by molar-refractivity contribution is -0.120. The fraction of sp³-hybridized carbons (Fsp3) is 0.875. The van der Waals surface area contributed by atoms with Crippen molar-refractivity contribution >= 4 is 35.8 Å². The first-order chi connectivity index (χ1) is 11.2. The van der Waals surface area contributed by atoms with E-state index in [1.807, 2.05) is 0 Å². The van der Waals surface area contributed by atoms with Gasteiger partial charge in [-0.15, -0.1) is 24.0 Å². The van der Waals surface area contributed by atoms with Crippen LogP contribution in [0.5, 0.6) is 0 Å². The summed E-state index contributed by atoms with van der Waals surface area (Å²) in [6, 6.07) is 0.342. The van der Waals surface area contributed by atoms with Gasteiger partial charge >= 0.3 is 0 Å². The number of rotatable bonds is 5. The Morgan fingerprint density at radius 3 is 2.75 bits per heavy atom. The quantitative estimate of drug-likeness (QED) is 0.368. The van der Waals surface area contributed by atoms with Crippen LogP contribution in [0.1, 0.15) is 32.1 Å². The summed E-state index contributed by atoms with van der Waals surface area (Å²) in [7, 11) is 3.41. The number of methoxy groups -OCH3 is 1. The molecule has 2 N–H and O–H groups in total. The molecule has 8 heteroatoms. The van der Waals surface area contributed by atoms with Crippen LogP contribution >= 0.6 is 24.0 Å². The monoisotopic (exact) mass is 454 g/mol. The number of aliphatic imine (C=N–C) groups is 1. The number of nitrogens with one attached hydrogen (secondary N) is 2. The number of hydrogen-bond acceptors (Lipinski definition) is 4. The molecule has 0 radical (unpaired) electrons. The van der Waals surface area contributed by atoms with E-state index in [0.717, 1.165) is 31.9 Å². The minimum absolute atomic E-state index is 0. The zero-order chi connectivity index (χ0) is 16.5. The molecule has 1 saturated carbocycles. The van der Waals surface area contributed by atoms with Crippen LogP contribution in [0.4, 0.5) is 0 Å². The molecule has 1 amide bonds. The van der Waals surface area contributed by atoms with Gasteiger partial charge in [-0.3, -0.25) is 9.79 Å². The van der Waals surface area contributed by atoms with Crippen LogP contribution in [0.3, 0.4) is 0 Å². The van der Waals surface area contributed by atoms with E-state index < -0.39 is 0 Å². The van der Waals surface area contributed by atoms with Crippen LogP contribution in [0.15, 0.2) is 4.99 Å². The summed E-state index contributed by atoms with van der Waals surface area (Å²) in [6.07, 6.45) is 5.97. The highest BCUT2D eigenvalue weighted by atomic mass is 127. The first-order valence-electron chi connectivity index (χ1n) is 8.58. The van der Waals surface area contributed by atoms with Gasteiger partial charge in [-0.05, 0) is 12.8 Å². The Hall–Kier alpha value is -0.610. The highest BCUT2D eigenvalue weighted by Crippen LogP contribution is 2.17. The lowest BCUT2D eigenvalue weighted by Gasteiger charge is -2.34. The van der Waals surface area contributed by atoms with E-state index in [4.69, 9.17) is 9.47 Å². The molecular weight excluding hydrogens is 423 g/mol. The fourth-order valence-electron chi connectivity index (χ4n) is 3.22. The van der Waals surface area contributed by atoms with Gasteiger partial charge in [0.15, 0.2) is 5.96 Å². The standard InChI is InChI=1S/C16H30N4O3.HI/c1-17-16(20-8-9-23-14(11-20)12-22-2)18-10-15(21)19-13-6-4-3-5-7-13;/h13-14H,3-12H2,1-2H3,(H,17,18)(H,19,21);1H. The largest absolute Gasteiger partial charge is 0.382 e. The Morgan fingerprint density at radius 1 is 1.33 bits per heavy atom. The van der Waals surface area contributed by atoms with Crippen molar-refractivity contribution in [3.8, 4) is 0 Å². The van der Waals surface area contributed by atoms with Crippen molar-refractivity contribution in [1.82, 2.24) is 15.5 Å². The number of morpholine rings is 1. The van der Waals surface area contributed by atoms with Gasteiger partial charge in [-0.2, -0.15) is 0 Å². The smallest absolute Gasteiger partial charge is 0.239 e. The lowest BCUT2D eigenvalue weighted by Crippen LogP contribution is -2.53. The summed E-state index contributed by atoms with van der Waals surface area (Å²) < 4.78 is 10.8. The van der Waals surface area contributed by atoms with Gasteiger partial charge in [0.2, 0.25) is 5.91 Å². The molecule has 24 heavy (non-hydrogen) atoms. The van der Waals surface area contributed by atoms with Gasteiger partial charge < -0.3 is 25.0 Å². The molecule has 2 rings (SSSR count). The Bertz CT molecular complexity index is 401. The summed E-state index contributed by atoms with van der Waals surface area (Å²) in [5, 5.41) is 6.27.